The molecule has 0 aromatic heterocycles. The third-order valence-electron chi connectivity index (χ3n) is 3.64. The van der Waals surface area contributed by atoms with Gasteiger partial charge in [0.15, 0.2) is 0 Å². The Labute approximate surface area is 121 Å². The van der Waals surface area contributed by atoms with Gasteiger partial charge in [-0.25, -0.2) is 0 Å². The summed E-state index contributed by atoms with van der Waals surface area (Å²) in [5.74, 6) is 0.216. The van der Waals surface area contributed by atoms with Crippen molar-refractivity contribution in [2.24, 2.45) is 0 Å². The molecule has 19 heavy (non-hydrogen) atoms. The Morgan fingerprint density at radius 3 is 2.47 bits per heavy atom. The SMILES string of the molecule is CCN(C(=O)CNc1ccccc1)C1CCCC1.Cl. The zero-order valence-electron chi connectivity index (χ0n) is 11.5. The smallest absolute Gasteiger partial charge is 0.242 e. The summed E-state index contributed by atoms with van der Waals surface area (Å²) >= 11 is 0. The van der Waals surface area contributed by atoms with E-state index in [1.807, 2.05) is 35.2 Å². The number of hydrogen-bond acceptors (Lipinski definition) is 2. The summed E-state index contributed by atoms with van der Waals surface area (Å²) in [6, 6.07) is 10.4. The average Bonchev–Trinajstić information content (AvgIpc) is 2.92. The lowest BCUT2D eigenvalue weighted by atomic mass is 10.2. The van der Waals surface area contributed by atoms with E-state index in [-0.39, 0.29) is 18.3 Å². The molecule has 1 amide bonds. The first-order valence-corrected chi connectivity index (χ1v) is 6.89. The molecule has 3 nitrogen and oxygen atoms in total. The van der Waals surface area contributed by atoms with Gasteiger partial charge in [0.2, 0.25) is 5.91 Å². The van der Waals surface area contributed by atoms with E-state index in [9.17, 15) is 4.79 Å². The molecule has 0 atom stereocenters. The number of nitrogens with zero attached hydrogens (tertiary/aromatic N) is 1. The number of carbonyl (C=O) groups excluding carboxylic acids is 1. The number of likely N-dealkylation sites (N-methyl/N-ethyl adjacent to an activating group) is 1. The zero-order chi connectivity index (χ0) is 12.8. The number of rotatable bonds is 5. The first-order valence-electron chi connectivity index (χ1n) is 6.89. The number of anilines is 1. The molecule has 1 aromatic carbocycles. The maximum atomic E-state index is 12.2. The van der Waals surface area contributed by atoms with E-state index < -0.39 is 0 Å². The minimum Gasteiger partial charge on any atom is -0.376 e. The highest BCUT2D eigenvalue weighted by Gasteiger charge is 2.24. The summed E-state index contributed by atoms with van der Waals surface area (Å²) in [7, 11) is 0. The second-order valence-corrected chi connectivity index (χ2v) is 4.84. The van der Waals surface area contributed by atoms with Crippen molar-refractivity contribution in [2.75, 3.05) is 18.4 Å². The minimum atomic E-state index is 0. The molecule has 1 fully saturated rings. The summed E-state index contributed by atoms with van der Waals surface area (Å²) < 4.78 is 0. The minimum absolute atomic E-state index is 0. The van der Waals surface area contributed by atoms with Crippen LogP contribution in [0, 0.1) is 0 Å². The Morgan fingerprint density at radius 1 is 1.26 bits per heavy atom. The maximum Gasteiger partial charge on any atom is 0.242 e. The summed E-state index contributed by atoms with van der Waals surface area (Å²) in [5, 5.41) is 3.19. The lowest BCUT2D eigenvalue weighted by Crippen LogP contribution is -2.41. The lowest BCUT2D eigenvalue weighted by Gasteiger charge is -2.28. The van der Waals surface area contributed by atoms with Crippen LogP contribution in [0.2, 0.25) is 0 Å². The topological polar surface area (TPSA) is 32.3 Å². The van der Waals surface area contributed by atoms with Crippen LogP contribution < -0.4 is 5.32 Å². The van der Waals surface area contributed by atoms with E-state index in [1.54, 1.807) is 0 Å². The average molecular weight is 283 g/mol. The third kappa shape index (κ3) is 4.43. The molecule has 1 saturated carbocycles. The zero-order valence-corrected chi connectivity index (χ0v) is 12.3. The van der Waals surface area contributed by atoms with Crippen molar-refractivity contribution in [1.29, 1.82) is 0 Å². The Bertz CT molecular complexity index is 377. The van der Waals surface area contributed by atoms with E-state index in [0.717, 1.165) is 12.2 Å². The van der Waals surface area contributed by atoms with Gasteiger partial charge < -0.3 is 10.2 Å². The van der Waals surface area contributed by atoms with Crippen molar-refractivity contribution < 1.29 is 4.79 Å². The third-order valence-corrected chi connectivity index (χ3v) is 3.64. The van der Waals surface area contributed by atoms with Gasteiger partial charge in [0.05, 0.1) is 6.54 Å². The number of amides is 1. The van der Waals surface area contributed by atoms with Crippen LogP contribution in [0.15, 0.2) is 30.3 Å². The van der Waals surface area contributed by atoms with Gasteiger partial charge >= 0.3 is 0 Å². The number of hydrogen-bond donors (Lipinski definition) is 1. The van der Waals surface area contributed by atoms with Gasteiger partial charge in [-0.15, -0.1) is 12.4 Å². The first kappa shape index (κ1) is 15.8. The van der Waals surface area contributed by atoms with Gasteiger partial charge in [0, 0.05) is 18.3 Å². The molecule has 1 N–H and O–H groups in total. The Morgan fingerprint density at radius 2 is 1.89 bits per heavy atom. The highest BCUT2D eigenvalue weighted by atomic mass is 35.5. The Kier molecular flexibility index (Phi) is 6.71. The largest absolute Gasteiger partial charge is 0.376 e. The maximum absolute atomic E-state index is 12.2. The van der Waals surface area contributed by atoms with E-state index in [4.69, 9.17) is 0 Å². The number of para-hydroxylation sites is 1. The second kappa shape index (κ2) is 8.05. The monoisotopic (exact) mass is 282 g/mol. The van der Waals surface area contributed by atoms with Crippen molar-refractivity contribution in [3.8, 4) is 0 Å². The van der Waals surface area contributed by atoms with Gasteiger partial charge in [0.25, 0.3) is 0 Å². The summed E-state index contributed by atoms with van der Waals surface area (Å²) in [5.41, 5.74) is 1.01. The quantitative estimate of drug-likeness (QED) is 0.899. The molecule has 0 unspecified atom stereocenters. The van der Waals surface area contributed by atoms with Crippen LogP contribution in [-0.2, 0) is 4.79 Å². The van der Waals surface area contributed by atoms with Crippen LogP contribution in [0.1, 0.15) is 32.6 Å². The van der Waals surface area contributed by atoms with Gasteiger partial charge in [0.1, 0.15) is 0 Å². The fourth-order valence-corrected chi connectivity index (χ4v) is 2.69. The fraction of sp³-hybridized carbons (Fsp3) is 0.533. The molecule has 2 rings (SSSR count). The Balaban J connectivity index is 0.00000180. The molecular weight excluding hydrogens is 260 g/mol. The van der Waals surface area contributed by atoms with Crippen LogP contribution in [0.4, 0.5) is 5.69 Å². The van der Waals surface area contributed by atoms with Crippen LogP contribution in [0.5, 0.6) is 0 Å². The Hall–Kier alpha value is -1.22. The molecule has 1 aromatic rings. The number of carbonyl (C=O) groups is 1. The highest BCUT2D eigenvalue weighted by Crippen LogP contribution is 2.23. The molecule has 0 spiro atoms. The number of benzene rings is 1. The molecule has 106 valence electrons. The molecule has 4 heteroatoms. The molecule has 0 radical (unpaired) electrons. The molecule has 0 heterocycles. The lowest BCUT2D eigenvalue weighted by molar-refractivity contribution is -0.131. The second-order valence-electron chi connectivity index (χ2n) is 4.84. The number of nitrogens with one attached hydrogen (secondary N) is 1. The van der Waals surface area contributed by atoms with Crippen molar-refractivity contribution in [2.45, 2.75) is 38.6 Å². The normalized spacial score (nSPS) is 14.8. The van der Waals surface area contributed by atoms with Gasteiger partial charge in [-0.2, -0.15) is 0 Å². The molecule has 0 bridgehead atoms. The van der Waals surface area contributed by atoms with Crippen molar-refractivity contribution >= 4 is 24.0 Å². The molecule has 0 aliphatic heterocycles. The van der Waals surface area contributed by atoms with Crippen LogP contribution >= 0.6 is 12.4 Å². The summed E-state index contributed by atoms with van der Waals surface area (Å²) in [4.78, 5) is 14.2. The van der Waals surface area contributed by atoms with Crippen molar-refractivity contribution in [3.63, 3.8) is 0 Å². The van der Waals surface area contributed by atoms with E-state index >= 15 is 0 Å². The van der Waals surface area contributed by atoms with E-state index in [0.29, 0.717) is 12.6 Å². The van der Waals surface area contributed by atoms with Crippen LogP contribution in [0.25, 0.3) is 0 Å². The van der Waals surface area contributed by atoms with Gasteiger partial charge in [-0.05, 0) is 31.9 Å². The predicted octanol–water partition coefficient (Wildman–Crippen LogP) is 3.31. The summed E-state index contributed by atoms with van der Waals surface area (Å²) in [6.45, 7) is 3.28. The van der Waals surface area contributed by atoms with Crippen molar-refractivity contribution in [3.05, 3.63) is 30.3 Å². The molecule has 1 aliphatic rings. The van der Waals surface area contributed by atoms with E-state index in [1.165, 1.54) is 25.7 Å². The van der Waals surface area contributed by atoms with Gasteiger partial charge in [-0.1, -0.05) is 31.0 Å². The van der Waals surface area contributed by atoms with Crippen LogP contribution in [0.3, 0.4) is 0 Å². The van der Waals surface area contributed by atoms with Crippen molar-refractivity contribution in [1.82, 2.24) is 4.90 Å². The summed E-state index contributed by atoms with van der Waals surface area (Å²) in [6.07, 6.45) is 4.87. The molecule has 1 aliphatic carbocycles. The van der Waals surface area contributed by atoms with Gasteiger partial charge in [-0.3, -0.25) is 4.79 Å². The number of halogens is 1. The van der Waals surface area contributed by atoms with E-state index in [2.05, 4.69) is 12.2 Å². The standard InChI is InChI=1S/C15H22N2O.ClH/c1-2-17(14-10-6-7-11-14)15(18)12-16-13-8-4-3-5-9-13;/h3-5,8-9,14,16H,2,6-7,10-12H2,1H3;1H. The van der Waals surface area contributed by atoms with Crippen LogP contribution in [-0.4, -0.2) is 29.9 Å². The predicted molar refractivity (Wildman–Crippen MR) is 81.8 cm³/mol. The first-order chi connectivity index (χ1) is 8.81. The molecular formula is C15H23ClN2O. The molecule has 0 saturated heterocycles. The fourth-order valence-electron chi connectivity index (χ4n) is 2.69. The highest BCUT2D eigenvalue weighted by molar-refractivity contribution is 5.85.